The molecule has 1 saturated heterocycles. The number of para-hydroxylation sites is 1. The van der Waals surface area contributed by atoms with Crippen LogP contribution in [0.2, 0.25) is 0 Å². The Kier molecular flexibility index (Phi) is 7.07. The highest BCUT2D eigenvalue weighted by Crippen LogP contribution is 2.26. The number of anilines is 1. The summed E-state index contributed by atoms with van der Waals surface area (Å²) < 4.78 is 10.7. The third-order valence-electron chi connectivity index (χ3n) is 6.21. The van der Waals surface area contributed by atoms with Crippen LogP contribution in [0.15, 0.2) is 36.4 Å². The molecule has 0 aromatic heterocycles. The van der Waals surface area contributed by atoms with Crippen molar-refractivity contribution in [1.29, 1.82) is 0 Å². The van der Waals surface area contributed by atoms with Crippen molar-refractivity contribution in [3.63, 3.8) is 0 Å². The van der Waals surface area contributed by atoms with Gasteiger partial charge in [0.25, 0.3) is 17.7 Å². The van der Waals surface area contributed by atoms with Crippen molar-refractivity contribution >= 4 is 29.4 Å². The molecule has 0 spiro atoms. The highest BCUT2D eigenvalue weighted by molar-refractivity contribution is 6.22. The van der Waals surface area contributed by atoms with Crippen molar-refractivity contribution in [1.82, 2.24) is 4.90 Å². The first-order chi connectivity index (χ1) is 16.4. The van der Waals surface area contributed by atoms with Gasteiger partial charge < -0.3 is 14.8 Å². The van der Waals surface area contributed by atoms with E-state index in [-0.39, 0.29) is 29.3 Å². The second kappa shape index (κ2) is 10.2. The maximum Gasteiger partial charge on any atom is 0.338 e. The van der Waals surface area contributed by atoms with Crippen molar-refractivity contribution in [2.75, 3.05) is 25.1 Å². The maximum atomic E-state index is 12.8. The number of aryl methyl sites for hydroxylation is 2. The fourth-order valence-electron chi connectivity index (χ4n) is 4.37. The minimum atomic E-state index is -0.740. The molecule has 1 N–H and O–H groups in total. The Balaban J connectivity index is 1.40. The molecule has 178 valence electrons. The molecule has 0 saturated carbocycles. The van der Waals surface area contributed by atoms with Crippen molar-refractivity contribution in [2.45, 2.75) is 45.6 Å². The number of imide groups is 1. The van der Waals surface area contributed by atoms with Gasteiger partial charge in [-0.15, -0.1) is 0 Å². The molecule has 8 heteroatoms. The summed E-state index contributed by atoms with van der Waals surface area (Å²) in [5.74, 6) is -2.03. The summed E-state index contributed by atoms with van der Waals surface area (Å²) in [6, 6.07) is 10.1. The van der Waals surface area contributed by atoms with Crippen LogP contribution >= 0.6 is 0 Å². The normalized spacial score (nSPS) is 17.1. The van der Waals surface area contributed by atoms with Crippen LogP contribution < -0.4 is 5.32 Å². The van der Waals surface area contributed by atoms with E-state index in [1.807, 2.05) is 32.0 Å². The standard InChI is InChI=1S/C26H28N2O6/c1-3-16-7-5-8-17(4-2)23(16)27-22(29)15-34-26(32)18-10-11-20-21(13-18)25(31)28(24(20)30)14-19-9-6-12-33-19/h5,7-8,10-11,13,19H,3-4,6,9,12,14-15H2,1-2H3,(H,27,29)/t19-/m0/s1. The second-order valence-electron chi connectivity index (χ2n) is 8.40. The lowest BCUT2D eigenvalue weighted by Crippen LogP contribution is -2.36. The van der Waals surface area contributed by atoms with Gasteiger partial charge in [0.2, 0.25) is 0 Å². The number of nitrogens with one attached hydrogen (secondary N) is 1. The second-order valence-corrected chi connectivity index (χ2v) is 8.40. The molecule has 2 aromatic carbocycles. The highest BCUT2D eigenvalue weighted by atomic mass is 16.5. The van der Waals surface area contributed by atoms with Crippen molar-refractivity contribution in [3.8, 4) is 0 Å². The topological polar surface area (TPSA) is 102 Å². The highest BCUT2D eigenvalue weighted by Gasteiger charge is 2.38. The summed E-state index contributed by atoms with van der Waals surface area (Å²) in [5, 5.41) is 2.85. The third kappa shape index (κ3) is 4.72. The van der Waals surface area contributed by atoms with Gasteiger partial charge in [0.1, 0.15) is 0 Å². The molecule has 2 aliphatic rings. The fraction of sp³-hybridized carbons (Fsp3) is 0.385. The summed E-state index contributed by atoms with van der Waals surface area (Å²) in [5.41, 5.74) is 3.28. The molecular weight excluding hydrogens is 436 g/mol. The summed E-state index contributed by atoms with van der Waals surface area (Å²) in [7, 11) is 0. The first kappa shape index (κ1) is 23.6. The number of esters is 1. The van der Waals surface area contributed by atoms with Crippen LogP contribution in [0.4, 0.5) is 5.69 Å². The SMILES string of the molecule is CCc1cccc(CC)c1NC(=O)COC(=O)c1ccc2c(c1)C(=O)N(C[C@@H]1CCCO1)C2=O. The van der Waals surface area contributed by atoms with Gasteiger partial charge in [0.05, 0.1) is 29.3 Å². The molecule has 2 heterocycles. The van der Waals surface area contributed by atoms with Crippen molar-refractivity contribution < 1.29 is 28.7 Å². The zero-order valence-electron chi connectivity index (χ0n) is 19.4. The number of carbonyl (C=O) groups is 4. The average molecular weight is 465 g/mol. The van der Waals surface area contributed by atoms with Crippen LogP contribution in [0.1, 0.15) is 68.9 Å². The van der Waals surface area contributed by atoms with Crippen LogP contribution in [0, 0.1) is 0 Å². The minimum Gasteiger partial charge on any atom is -0.452 e. The number of fused-ring (bicyclic) bond motifs is 1. The smallest absolute Gasteiger partial charge is 0.338 e. The quantitative estimate of drug-likeness (QED) is 0.475. The van der Waals surface area contributed by atoms with Gasteiger partial charge in [0, 0.05) is 12.3 Å². The van der Waals surface area contributed by atoms with E-state index in [9.17, 15) is 19.2 Å². The largest absolute Gasteiger partial charge is 0.452 e. The zero-order chi connectivity index (χ0) is 24.2. The molecule has 0 radical (unpaired) electrons. The van der Waals surface area contributed by atoms with Gasteiger partial charge in [-0.25, -0.2) is 4.79 Å². The Bertz CT molecular complexity index is 1110. The zero-order valence-corrected chi connectivity index (χ0v) is 19.4. The fourth-order valence-corrected chi connectivity index (χ4v) is 4.37. The molecule has 0 bridgehead atoms. The number of carbonyl (C=O) groups excluding carboxylic acids is 4. The van der Waals surface area contributed by atoms with Gasteiger partial charge in [-0.3, -0.25) is 19.3 Å². The predicted octanol–water partition coefficient (Wildman–Crippen LogP) is 3.38. The van der Waals surface area contributed by atoms with E-state index in [1.54, 1.807) is 0 Å². The Labute approximate surface area is 198 Å². The summed E-state index contributed by atoms with van der Waals surface area (Å²) in [4.78, 5) is 51.6. The molecule has 4 rings (SSSR count). The average Bonchev–Trinajstić information content (AvgIpc) is 3.45. The minimum absolute atomic E-state index is 0.106. The third-order valence-corrected chi connectivity index (χ3v) is 6.21. The van der Waals surface area contributed by atoms with Gasteiger partial charge in [-0.05, 0) is 55.0 Å². The monoisotopic (exact) mass is 464 g/mol. The van der Waals surface area contributed by atoms with Gasteiger partial charge in [-0.2, -0.15) is 0 Å². The lowest BCUT2D eigenvalue weighted by atomic mass is 10.0. The van der Waals surface area contributed by atoms with E-state index < -0.39 is 30.3 Å². The van der Waals surface area contributed by atoms with Crippen LogP contribution in [-0.2, 0) is 27.1 Å². The molecule has 1 fully saturated rings. The van der Waals surface area contributed by atoms with Gasteiger partial charge in [-0.1, -0.05) is 32.0 Å². The predicted molar refractivity (Wildman–Crippen MR) is 125 cm³/mol. The summed E-state index contributed by atoms with van der Waals surface area (Å²) >= 11 is 0. The van der Waals surface area contributed by atoms with E-state index in [0.29, 0.717) is 6.61 Å². The van der Waals surface area contributed by atoms with Gasteiger partial charge >= 0.3 is 5.97 Å². The van der Waals surface area contributed by atoms with E-state index >= 15 is 0 Å². The lowest BCUT2D eigenvalue weighted by Gasteiger charge is -2.17. The first-order valence-corrected chi connectivity index (χ1v) is 11.6. The molecule has 3 amide bonds. The Morgan fingerprint density at radius 2 is 1.76 bits per heavy atom. The number of rotatable bonds is 8. The molecule has 2 aliphatic heterocycles. The maximum absolute atomic E-state index is 12.8. The van der Waals surface area contributed by atoms with E-state index in [4.69, 9.17) is 9.47 Å². The van der Waals surface area contributed by atoms with E-state index in [2.05, 4.69) is 5.32 Å². The number of hydrogen-bond acceptors (Lipinski definition) is 6. The Morgan fingerprint density at radius 3 is 2.41 bits per heavy atom. The molecule has 8 nitrogen and oxygen atoms in total. The van der Waals surface area contributed by atoms with E-state index in [0.717, 1.165) is 42.5 Å². The number of amides is 3. The molecule has 34 heavy (non-hydrogen) atoms. The molecular formula is C26H28N2O6. The Morgan fingerprint density at radius 1 is 1.06 bits per heavy atom. The first-order valence-electron chi connectivity index (χ1n) is 11.6. The molecule has 2 aromatic rings. The van der Waals surface area contributed by atoms with Crippen LogP contribution in [0.25, 0.3) is 0 Å². The molecule has 0 unspecified atom stereocenters. The van der Waals surface area contributed by atoms with E-state index in [1.165, 1.54) is 23.1 Å². The van der Waals surface area contributed by atoms with Crippen molar-refractivity contribution in [3.05, 3.63) is 64.2 Å². The number of hydrogen-bond donors (Lipinski definition) is 1. The number of nitrogens with zero attached hydrogens (tertiary/aromatic N) is 1. The molecule has 1 atom stereocenters. The number of ether oxygens (including phenoxy) is 2. The summed E-state index contributed by atoms with van der Waals surface area (Å²) in [6.45, 7) is 4.38. The molecule has 0 aliphatic carbocycles. The van der Waals surface area contributed by atoms with Crippen molar-refractivity contribution in [2.24, 2.45) is 0 Å². The van der Waals surface area contributed by atoms with Crippen LogP contribution in [-0.4, -0.2) is 54.5 Å². The van der Waals surface area contributed by atoms with Gasteiger partial charge in [0.15, 0.2) is 6.61 Å². The van der Waals surface area contributed by atoms with Crippen LogP contribution in [0.5, 0.6) is 0 Å². The van der Waals surface area contributed by atoms with Crippen LogP contribution in [0.3, 0.4) is 0 Å². The Hall–Kier alpha value is -3.52. The lowest BCUT2D eigenvalue weighted by molar-refractivity contribution is -0.119. The number of benzene rings is 2. The summed E-state index contributed by atoms with van der Waals surface area (Å²) in [6.07, 6.45) is 3.07.